The van der Waals surface area contributed by atoms with Gasteiger partial charge in [-0.05, 0) is 74.0 Å². The zero-order valence-corrected chi connectivity index (χ0v) is 25.1. The number of benzene rings is 4. The smallest absolute Gasteiger partial charge is 0.271 e. The van der Waals surface area contributed by atoms with Crippen molar-refractivity contribution >= 4 is 45.9 Å². The Kier molecular flexibility index (Phi) is 9.96. The monoisotopic (exact) mass is 605 g/mol. The summed E-state index contributed by atoms with van der Waals surface area (Å²) in [5.74, 6) is 0.258. The van der Waals surface area contributed by atoms with Crippen molar-refractivity contribution in [3.63, 3.8) is 0 Å². The number of nitrogens with zero attached hydrogens (tertiary/aromatic N) is 2. The molecule has 0 aliphatic rings. The van der Waals surface area contributed by atoms with Crippen LogP contribution in [0.5, 0.6) is 11.5 Å². The van der Waals surface area contributed by atoms with Gasteiger partial charge in [-0.1, -0.05) is 48.0 Å². The highest BCUT2D eigenvalue weighted by Gasteiger charge is 2.11. The van der Waals surface area contributed by atoms with Crippen LogP contribution >= 0.6 is 11.3 Å². The van der Waals surface area contributed by atoms with E-state index in [-0.39, 0.29) is 18.4 Å². The molecular weight excluding hydrogens is 574 g/mol. The normalized spacial score (nSPS) is 10.8. The van der Waals surface area contributed by atoms with Crippen molar-refractivity contribution in [3.05, 3.63) is 119 Å². The summed E-state index contributed by atoms with van der Waals surface area (Å²) < 4.78 is 11.4. The molecule has 0 aliphatic heterocycles. The summed E-state index contributed by atoms with van der Waals surface area (Å²) in [6, 6.07) is 29.7. The first-order chi connectivity index (χ1) is 21.5. The highest BCUT2D eigenvalue weighted by molar-refractivity contribution is 7.14. The van der Waals surface area contributed by atoms with E-state index in [4.69, 9.17) is 9.47 Å². The summed E-state index contributed by atoms with van der Waals surface area (Å²) in [7, 11) is 0. The van der Waals surface area contributed by atoms with Crippen LogP contribution in [0.3, 0.4) is 0 Å². The van der Waals surface area contributed by atoms with Crippen LogP contribution in [0.2, 0.25) is 0 Å². The van der Waals surface area contributed by atoms with Gasteiger partial charge in [0.1, 0.15) is 0 Å². The lowest BCUT2D eigenvalue weighted by atomic mass is 10.1. The number of ether oxygens (including phenoxy) is 2. The molecule has 0 fully saturated rings. The zero-order valence-electron chi connectivity index (χ0n) is 24.2. The van der Waals surface area contributed by atoms with Crippen molar-refractivity contribution in [1.29, 1.82) is 0 Å². The number of rotatable bonds is 12. The van der Waals surface area contributed by atoms with Crippen molar-refractivity contribution in [3.8, 4) is 22.8 Å². The number of carbonyl (C=O) groups excluding carboxylic acids is 2. The SMILES string of the molecule is CCOc1cc(/C=N/NC(=O)c2ccc(-c3csc(Nc4ccc(C)cc4)n3)cc2)ccc1OCC(=O)Nc1ccccc1. The maximum atomic E-state index is 12.7. The van der Waals surface area contributed by atoms with E-state index in [0.29, 0.717) is 34.9 Å². The van der Waals surface area contributed by atoms with Gasteiger partial charge in [0.15, 0.2) is 23.2 Å². The number of para-hydroxylation sites is 1. The first-order valence-corrected chi connectivity index (χ1v) is 14.8. The molecule has 0 saturated heterocycles. The van der Waals surface area contributed by atoms with Gasteiger partial charge in [-0.2, -0.15) is 5.10 Å². The molecule has 10 heteroatoms. The molecule has 0 unspecified atom stereocenters. The van der Waals surface area contributed by atoms with Gasteiger partial charge >= 0.3 is 0 Å². The van der Waals surface area contributed by atoms with E-state index in [2.05, 4.69) is 26.1 Å². The molecule has 0 bridgehead atoms. The molecule has 5 aromatic rings. The van der Waals surface area contributed by atoms with Gasteiger partial charge in [0.2, 0.25) is 0 Å². The molecule has 0 spiro atoms. The number of anilines is 3. The summed E-state index contributed by atoms with van der Waals surface area (Å²) >= 11 is 1.52. The van der Waals surface area contributed by atoms with Crippen molar-refractivity contribution in [2.45, 2.75) is 13.8 Å². The topological polar surface area (TPSA) is 114 Å². The van der Waals surface area contributed by atoms with Crippen LogP contribution in [0.1, 0.15) is 28.4 Å². The first kappa shape index (κ1) is 30.0. The number of hydrogen-bond donors (Lipinski definition) is 3. The molecule has 5 rings (SSSR count). The van der Waals surface area contributed by atoms with E-state index in [9.17, 15) is 9.59 Å². The van der Waals surface area contributed by atoms with Crippen LogP contribution in [0.25, 0.3) is 11.3 Å². The molecule has 4 aromatic carbocycles. The van der Waals surface area contributed by atoms with Gasteiger partial charge in [-0.15, -0.1) is 11.3 Å². The second-order valence-electron chi connectivity index (χ2n) is 9.65. The van der Waals surface area contributed by atoms with E-state index < -0.39 is 0 Å². The van der Waals surface area contributed by atoms with Crippen LogP contribution in [-0.4, -0.2) is 36.2 Å². The van der Waals surface area contributed by atoms with E-state index in [1.54, 1.807) is 42.5 Å². The minimum atomic E-state index is -0.345. The lowest BCUT2D eigenvalue weighted by molar-refractivity contribution is -0.118. The van der Waals surface area contributed by atoms with Gasteiger partial charge in [0.25, 0.3) is 11.8 Å². The molecule has 1 heterocycles. The Hall–Kier alpha value is -5.48. The molecule has 2 amide bonds. The van der Waals surface area contributed by atoms with E-state index in [0.717, 1.165) is 22.1 Å². The van der Waals surface area contributed by atoms with Crippen LogP contribution in [-0.2, 0) is 4.79 Å². The van der Waals surface area contributed by atoms with E-state index in [1.165, 1.54) is 23.1 Å². The molecule has 0 radical (unpaired) electrons. The fraction of sp³-hybridized carbons (Fsp3) is 0.118. The van der Waals surface area contributed by atoms with Crippen molar-refractivity contribution in [2.24, 2.45) is 5.10 Å². The molecule has 44 heavy (non-hydrogen) atoms. The van der Waals surface area contributed by atoms with Gasteiger partial charge in [0.05, 0.1) is 18.5 Å². The van der Waals surface area contributed by atoms with Crippen molar-refractivity contribution < 1.29 is 19.1 Å². The first-order valence-electron chi connectivity index (χ1n) is 13.9. The number of carbonyl (C=O) groups is 2. The number of amides is 2. The summed E-state index contributed by atoms with van der Waals surface area (Å²) in [6.45, 7) is 4.14. The number of aromatic nitrogens is 1. The maximum absolute atomic E-state index is 12.7. The molecule has 9 nitrogen and oxygen atoms in total. The lowest BCUT2D eigenvalue weighted by Gasteiger charge is -2.12. The summed E-state index contributed by atoms with van der Waals surface area (Å²) in [5.41, 5.74) is 8.30. The van der Waals surface area contributed by atoms with Crippen LogP contribution in [0.4, 0.5) is 16.5 Å². The summed E-state index contributed by atoms with van der Waals surface area (Å²) in [4.78, 5) is 29.6. The second kappa shape index (κ2) is 14.6. The number of hydrazone groups is 1. The number of thiazole rings is 1. The Morgan fingerprint density at radius 3 is 2.41 bits per heavy atom. The third kappa shape index (κ3) is 8.30. The highest BCUT2D eigenvalue weighted by Crippen LogP contribution is 2.29. The van der Waals surface area contributed by atoms with Gasteiger partial charge in [0, 0.05) is 27.9 Å². The standard InChI is InChI=1S/C34H31N5O4S/c1-3-42-31-19-24(11-18-30(31)43-21-32(40)36-27-7-5-4-6-8-27)20-35-39-33(41)26-14-12-25(13-15-26)29-22-44-34(38-29)37-28-16-9-23(2)10-17-28/h4-20,22H,3,21H2,1-2H3,(H,36,40)(H,37,38)(H,39,41)/b35-20+. The Bertz CT molecular complexity index is 1740. The third-order valence-electron chi connectivity index (χ3n) is 6.31. The zero-order chi connectivity index (χ0) is 30.7. The molecule has 1 aromatic heterocycles. The number of aryl methyl sites for hydroxylation is 1. The summed E-state index contributed by atoms with van der Waals surface area (Å²) in [6.07, 6.45) is 1.51. The molecule has 0 atom stereocenters. The Morgan fingerprint density at radius 1 is 0.886 bits per heavy atom. The Balaban J connectivity index is 1.14. The minimum Gasteiger partial charge on any atom is -0.490 e. The molecule has 222 valence electrons. The molecule has 3 N–H and O–H groups in total. The predicted molar refractivity (Wildman–Crippen MR) is 175 cm³/mol. The largest absolute Gasteiger partial charge is 0.490 e. The molecule has 0 aliphatic carbocycles. The Morgan fingerprint density at radius 2 is 1.66 bits per heavy atom. The average Bonchev–Trinajstić information content (AvgIpc) is 3.51. The van der Waals surface area contributed by atoms with Gasteiger partial charge in [-0.3, -0.25) is 9.59 Å². The van der Waals surface area contributed by atoms with Crippen LogP contribution < -0.4 is 25.5 Å². The maximum Gasteiger partial charge on any atom is 0.271 e. The number of nitrogens with one attached hydrogen (secondary N) is 3. The Labute approximate surface area is 259 Å². The average molecular weight is 606 g/mol. The fourth-order valence-corrected chi connectivity index (χ4v) is 4.84. The van der Waals surface area contributed by atoms with Crippen molar-refractivity contribution in [2.75, 3.05) is 23.8 Å². The van der Waals surface area contributed by atoms with Gasteiger partial charge in [-0.25, -0.2) is 10.4 Å². The minimum absolute atomic E-state index is 0.175. The predicted octanol–water partition coefficient (Wildman–Crippen LogP) is 7.04. The highest BCUT2D eigenvalue weighted by atomic mass is 32.1. The number of hydrogen-bond acceptors (Lipinski definition) is 8. The van der Waals surface area contributed by atoms with E-state index in [1.807, 2.05) is 73.8 Å². The van der Waals surface area contributed by atoms with Crippen LogP contribution in [0, 0.1) is 6.92 Å². The second-order valence-corrected chi connectivity index (χ2v) is 10.5. The third-order valence-corrected chi connectivity index (χ3v) is 7.07. The van der Waals surface area contributed by atoms with Crippen molar-refractivity contribution in [1.82, 2.24) is 10.4 Å². The van der Waals surface area contributed by atoms with E-state index >= 15 is 0 Å². The summed E-state index contributed by atoms with van der Waals surface area (Å²) in [5, 5.41) is 13.0. The quantitative estimate of drug-likeness (QED) is 0.104. The lowest BCUT2D eigenvalue weighted by Crippen LogP contribution is -2.20. The fourth-order valence-electron chi connectivity index (χ4n) is 4.10. The van der Waals surface area contributed by atoms with Crippen LogP contribution in [0.15, 0.2) is 108 Å². The molecular formula is C34H31N5O4S. The van der Waals surface area contributed by atoms with Gasteiger partial charge < -0.3 is 20.1 Å². The molecule has 0 saturated carbocycles.